The van der Waals surface area contributed by atoms with Crippen LogP contribution in [0, 0.1) is 6.92 Å². The molecule has 28 heavy (non-hydrogen) atoms. The minimum absolute atomic E-state index is 0.132. The van der Waals surface area contributed by atoms with Gasteiger partial charge < -0.3 is 0 Å². The standard InChI is InChI=1S/C20H24N2O4S2/c1-18-8-10-20(11-9-18)28(25,26)22-14-5-13-21(15-16-22)27(23,24)17-12-19-6-3-2-4-7-19/h2-4,6-12,17H,5,13-16H2,1H3/b17-12+. The van der Waals surface area contributed by atoms with E-state index in [0.29, 0.717) is 19.5 Å². The molecule has 1 aliphatic heterocycles. The van der Waals surface area contributed by atoms with Crippen molar-refractivity contribution in [2.75, 3.05) is 26.2 Å². The predicted octanol–water partition coefficient (Wildman–Crippen LogP) is 2.69. The molecule has 2 aromatic carbocycles. The van der Waals surface area contributed by atoms with Crippen molar-refractivity contribution in [3.05, 3.63) is 71.1 Å². The Kier molecular flexibility index (Phi) is 6.34. The fourth-order valence-electron chi connectivity index (χ4n) is 3.04. The molecule has 1 heterocycles. The van der Waals surface area contributed by atoms with Gasteiger partial charge in [-0.3, -0.25) is 0 Å². The van der Waals surface area contributed by atoms with Gasteiger partial charge in [0.1, 0.15) is 0 Å². The lowest BCUT2D eigenvalue weighted by Crippen LogP contribution is -2.36. The molecule has 0 atom stereocenters. The summed E-state index contributed by atoms with van der Waals surface area (Å²) in [5, 5.41) is 1.19. The first-order chi connectivity index (χ1) is 13.3. The number of nitrogens with zero attached hydrogens (tertiary/aromatic N) is 2. The third-order valence-corrected chi connectivity index (χ3v) is 8.14. The molecule has 6 nitrogen and oxygen atoms in total. The van der Waals surface area contributed by atoms with Gasteiger partial charge in [-0.25, -0.2) is 16.8 Å². The molecule has 0 saturated carbocycles. The summed E-state index contributed by atoms with van der Waals surface area (Å²) in [6.07, 6.45) is 2.00. The van der Waals surface area contributed by atoms with Crippen LogP contribution in [-0.2, 0) is 20.0 Å². The van der Waals surface area contributed by atoms with Crippen molar-refractivity contribution < 1.29 is 16.8 Å². The maximum absolute atomic E-state index is 12.9. The van der Waals surface area contributed by atoms with Crippen molar-refractivity contribution in [3.63, 3.8) is 0 Å². The molecule has 1 fully saturated rings. The van der Waals surface area contributed by atoms with Gasteiger partial charge in [0, 0.05) is 31.6 Å². The number of aryl methyl sites for hydroxylation is 1. The van der Waals surface area contributed by atoms with E-state index in [0.717, 1.165) is 11.1 Å². The van der Waals surface area contributed by atoms with Crippen LogP contribution in [0.25, 0.3) is 6.08 Å². The first kappa shape index (κ1) is 20.7. The topological polar surface area (TPSA) is 74.8 Å². The smallest absolute Gasteiger partial charge is 0.208 e. The highest BCUT2D eigenvalue weighted by atomic mass is 32.2. The first-order valence-corrected chi connectivity index (χ1v) is 12.0. The van der Waals surface area contributed by atoms with Crippen LogP contribution in [0.3, 0.4) is 0 Å². The van der Waals surface area contributed by atoms with E-state index in [-0.39, 0.29) is 18.0 Å². The summed E-state index contributed by atoms with van der Waals surface area (Å²) in [5.74, 6) is 0. The second-order valence-corrected chi connectivity index (χ2v) is 10.5. The van der Waals surface area contributed by atoms with Crippen molar-refractivity contribution in [2.45, 2.75) is 18.2 Å². The van der Waals surface area contributed by atoms with Gasteiger partial charge in [0.05, 0.1) is 4.90 Å². The Morgan fingerprint density at radius 1 is 0.786 bits per heavy atom. The molecule has 1 saturated heterocycles. The van der Waals surface area contributed by atoms with E-state index < -0.39 is 20.0 Å². The van der Waals surface area contributed by atoms with Crippen molar-refractivity contribution in [1.29, 1.82) is 0 Å². The molecule has 0 aromatic heterocycles. The van der Waals surface area contributed by atoms with Crippen LogP contribution in [0.4, 0.5) is 0 Å². The van der Waals surface area contributed by atoms with Crippen molar-refractivity contribution in [3.8, 4) is 0 Å². The second-order valence-electron chi connectivity index (χ2n) is 6.73. The quantitative estimate of drug-likeness (QED) is 0.745. The zero-order valence-corrected chi connectivity index (χ0v) is 17.4. The number of hydrogen-bond donors (Lipinski definition) is 0. The van der Waals surface area contributed by atoms with E-state index in [2.05, 4.69) is 0 Å². The van der Waals surface area contributed by atoms with Gasteiger partial charge in [-0.1, -0.05) is 48.0 Å². The summed E-state index contributed by atoms with van der Waals surface area (Å²) in [5.41, 5.74) is 1.78. The monoisotopic (exact) mass is 420 g/mol. The maximum atomic E-state index is 12.9. The number of benzene rings is 2. The van der Waals surface area contributed by atoms with Crippen LogP contribution < -0.4 is 0 Å². The lowest BCUT2D eigenvalue weighted by atomic mass is 10.2. The normalized spacial score (nSPS) is 17.6. The first-order valence-electron chi connectivity index (χ1n) is 9.09. The Labute approximate surface area is 167 Å². The predicted molar refractivity (Wildman–Crippen MR) is 111 cm³/mol. The van der Waals surface area contributed by atoms with E-state index >= 15 is 0 Å². The van der Waals surface area contributed by atoms with Crippen molar-refractivity contribution in [1.82, 2.24) is 8.61 Å². The van der Waals surface area contributed by atoms with E-state index in [1.807, 2.05) is 37.3 Å². The molecule has 0 aliphatic carbocycles. The van der Waals surface area contributed by atoms with Crippen LogP contribution in [0.1, 0.15) is 17.5 Å². The highest BCUT2D eigenvalue weighted by Crippen LogP contribution is 2.20. The SMILES string of the molecule is Cc1ccc(S(=O)(=O)N2CCCN(S(=O)(=O)/C=C/c3ccccc3)CC2)cc1. The third kappa shape index (κ3) is 4.88. The highest BCUT2D eigenvalue weighted by Gasteiger charge is 2.29. The molecular formula is C20H24N2O4S2. The van der Waals surface area contributed by atoms with E-state index in [4.69, 9.17) is 0 Å². The molecule has 2 aromatic rings. The largest absolute Gasteiger partial charge is 0.243 e. The Bertz CT molecular complexity index is 1030. The summed E-state index contributed by atoms with van der Waals surface area (Å²) in [6, 6.07) is 15.9. The summed E-state index contributed by atoms with van der Waals surface area (Å²) < 4.78 is 53.7. The van der Waals surface area contributed by atoms with Gasteiger partial charge in [-0.2, -0.15) is 8.61 Å². The average molecular weight is 421 g/mol. The minimum atomic E-state index is -3.63. The van der Waals surface area contributed by atoms with Crippen LogP contribution in [0.5, 0.6) is 0 Å². The Morgan fingerprint density at radius 2 is 1.39 bits per heavy atom. The molecular weight excluding hydrogens is 396 g/mol. The van der Waals surface area contributed by atoms with Crippen molar-refractivity contribution >= 4 is 26.1 Å². The Hall–Kier alpha value is -2.00. The molecule has 0 N–H and O–H groups in total. The van der Waals surface area contributed by atoms with Gasteiger partial charge in [-0.15, -0.1) is 0 Å². The molecule has 1 aliphatic rings. The zero-order chi connectivity index (χ0) is 20.2. The molecule has 150 valence electrons. The van der Waals surface area contributed by atoms with E-state index in [1.165, 1.54) is 14.0 Å². The molecule has 3 rings (SSSR count). The summed E-state index contributed by atoms with van der Waals surface area (Å²) in [6.45, 7) is 2.75. The van der Waals surface area contributed by atoms with Crippen LogP contribution >= 0.6 is 0 Å². The summed E-state index contributed by atoms with van der Waals surface area (Å²) in [7, 11) is -7.25. The maximum Gasteiger partial charge on any atom is 0.243 e. The molecule has 0 bridgehead atoms. The van der Waals surface area contributed by atoms with Gasteiger partial charge in [0.2, 0.25) is 20.0 Å². The Morgan fingerprint density at radius 3 is 2.07 bits per heavy atom. The highest BCUT2D eigenvalue weighted by molar-refractivity contribution is 7.92. The average Bonchev–Trinajstić information content (AvgIpc) is 2.95. The molecule has 0 unspecified atom stereocenters. The summed E-state index contributed by atoms with van der Waals surface area (Å²) in [4.78, 5) is 0.235. The lowest BCUT2D eigenvalue weighted by Gasteiger charge is -2.21. The third-order valence-electron chi connectivity index (χ3n) is 4.66. The number of sulfonamides is 2. The van der Waals surface area contributed by atoms with E-state index in [9.17, 15) is 16.8 Å². The molecule has 0 amide bonds. The molecule has 0 radical (unpaired) electrons. The molecule has 8 heteroatoms. The molecule has 0 spiro atoms. The minimum Gasteiger partial charge on any atom is -0.208 e. The number of hydrogen-bond acceptors (Lipinski definition) is 4. The summed E-state index contributed by atoms with van der Waals surface area (Å²) >= 11 is 0. The van der Waals surface area contributed by atoms with Crippen molar-refractivity contribution in [2.24, 2.45) is 0 Å². The zero-order valence-electron chi connectivity index (χ0n) is 15.7. The fourth-order valence-corrected chi connectivity index (χ4v) is 5.73. The second kappa shape index (κ2) is 8.57. The van der Waals surface area contributed by atoms with Gasteiger partial charge in [0.15, 0.2) is 0 Å². The number of rotatable bonds is 5. The van der Waals surface area contributed by atoms with Gasteiger partial charge in [-0.05, 0) is 37.1 Å². The van der Waals surface area contributed by atoms with Gasteiger partial charge >= 0.3 is 0 Å². The Balaban J connectivity index is 1.72. The lowest BCUT2D eigenvalue weighted by molar-refractivity contribution is 0.407. The van der Waals surface area contributed by atoms with Crippen LogP contribution in [0.2, 0.25) is 0 Å². The van der Waals surface area contributed by atoms with Crippen LogP contribution in [-0.4, -0.2) is 51.6 Å². The fraction of sp³-hybridized carbons (Fsp3) is 0.300. The van der Waals surface area contributed by atoms with Gasteiger partial charge in [0.25, 0.3) is 0 Å². The van der Waals surface area contributed by atoms with Crippen LogP contribution in [0.15, 0.2) is 64.9 Å². The van der Waals surface area contributed by atoms with E-state index in [1.54, 1.807) is 30.3 Å².